The first-order valence-electron chi connectivity index (χ1n) is 7.52. The van der Waals surface area contributed by atoms with Crippen molar-refractivity contribution in [3.05, 3.63) is 29.3 Å². The van der Waals surface area contributed by atoms with Crippen molar-refractivity contribution < 1.29 is 19.1 Å². The summed E-state index contributed by atoms with van der Waals surface area (Å²) >= 11 is 4.99. The van der Waals surface area contributed by atoms with E-state index >= 15 is 0 Å². The maximum Gasteiger partial charge on any atom is 0.305 e. The minimum atomic E-state index is -0.355. The number of rotatable bonds is 7. The SMILES string of the molecule is COC(=O)CCCNC(=S)NNC(=O)COc1ccc(C)c(C)c1. The van der Waals surface area contributed by atoms with Crippen LogP contribution >= 0.6 is 12.2 Å². The van der Waals surface area contributed by atoms with E-state index in [1.54, 1.807) is 0 Å². The number of hydrazine groups is 1. The van der Waals surface area contributed by atoms with Crippen molar-refractivity contribution in [2.75, 3.05) is 20.3 Å². The maximum atomic E-state index is 11.7. The van der Waals surface area contributed by atoms with Crippen LogP contribution in [0, 0.1) is 13.8 Å². The summed E-state index contributed by atoms with van der Waals surface area (Å²) in [7, 11) is 1.34. The quantitative estimate of drug-likeness (QED) is 0.293. The summed E-state index contributed by atoms with van der Waals surface area (Å²) in [5.74, 6) is 0.0103. The zero-order chi connectivity index (χ0) is 17.9. The Labute approximate surface area is 147 Å². The number of ether oxygens (including phenoxy) is 2. The Morgan fingerprint density at radius 2 is 1.92 bits per heavy atom. The Kier molecular flexibility index (Phi) is 8.56. The third-order valence-corrected chi connectivity index (χ3v) is 3.48. The molecule has 0 aliphatic carbocycles. The van der Waals surface area contributed by atoms with E-state index in [9.17, 15) is 9.59 Å². The topological polar surface area (TPSA) is 88.7 Å². The summed E-state index contributed by atoms with van der Waals surface area (Å²) in [6.45, 7) is 4.36. The van der Waals surface area contributed by atoms with Crippen molar-refractivity contribution >= 4 is 29.2 Å². The van der Waals surface area contributed by atoms with Crippen molar-refractivity contribution in [1.29, 1.82) is 0 Å². The predicted molar refractivity (Wildman–Crippen MR) is 94.5 cm³/mol. The van der Waals surface area contributed by atoms with Crippen LogP contribution in [-0.4, -0.2) is 37.3 Å². The number of esters is 1. The standard InChI is InChI=1S/C16H23N3O4S/c1-11-6-7-13(9-12(11)2)23-10-14(20)18-19-16(24)17-8-4-5-15(21)22-3/h6-7,9H,4-5,8,10H2,1-3H3,(H,18,20)(H2,17,19,24). The molecule has 1 rings (SSSR count). The minimum Gasteiger partial charge on any atom is -0.484 e. The molecule has 0 atom stereocenters. The second kappa shape index (κ2) is 10.4. The van der Waals surface area contributed by atoms with Crippen LogP contribution in [0.2, 0.25) is 0 Å². The van der Waals surface area contributed by atoms with Crippen LogP contribution in [-0.2, 0) is 14.3 Å². The number of hydrogen-bond acceptors (Lipinski definition) is 5. The highest BCUT2D eigenvalue weighted by Gasteiger charge is 2.05. The predicted octanol–water partition coefficient (Wildman–Crippen LogP) is 1.13. The molecule has 0 radical (unpaired) electrons. The van der Waals surface area contributed by atoms with Crippen LogP contribution in [0.15, 0.2) is 18.2 Å². The van der Waals surface area contributed by atoms with E-state index in [4.69, 9.17) is 17.0 Å². The van der Waals surface area contributed by atoms with Gasteiger partial charge >= 0.3 is 5.97 Å². The summed E-state index contributed by atoms with van der Waals surface area (Å²) < 4.78 is 9.93. The second-order valence-corrected chi connectivity index (χ2v) is 5.55. The molecule has 0 bridgehead atoms. The molecule has 0 aliphatic rings. The average molecular weight is 353 g/mol. The van der Waals surface area contributed by atoms with Crippen LogP contribution in [0.1, 0.15) is 24.0 Å². The Bertz CT molecular complexity index is 593. The zero-order valence-electron chi connectivity index (χ0n) is 14.1. The smallest absolute Gasteiger partial charge is 0.305 e. The lowest BCUT2D eigenvalue weighted by Crippen LogP contribution is -2.48. The van der Waals surface area contributed by atoms with Gasteiger partial charge < -0.3 is 14.8 Å². The summed E-state index contributed by atoms with van der Waals surface area (Å²) in [5, 5.41) is 3.13. The van der Waals surface area contributed by atoms with E-state index in [1.165, 1.54) is 7.11 Å². The number of carbonyl (C=O) groups excluding carboxylic acids is 2. The van der Waals surface area contributed by atoms with Gasteiger partial charge in [-0.3, -0.25) is 20.4 Å². The highest BCUT2D eigenvalue weighted by Crippen LogP contribution is 2.16. The Balaban J connectivity index is 2.17. The molecule has 0 saturated heterocycles. The van der Waals surface area contributed by atoms with Crippen molar-refractivity contribution in [3.8, 4) is 5.75 Å². The molecule has 0 saturated carbocycles. The van der Waals surface area contributed by atoms with Crippen molar-refractivity contribution in [2.24, 2.45) is 0 Å². The van der Waals surface area contributed by atoms with Crippen LogP contribution in [0.5, 0.6) is 5.75 Å². The average Bonchev–Trinajstić information content (AvgIpc) is 2.57. The van der Waals surface area contributed by atoms with Gasteiger partial charge in [0.25, 0.3) is 5.91 Å². The molecule has 0 fully saturated rings. The fourth-order valence-corrected chi connectivity index (χ4v) is 1.85. The Morgan fingerprint density at radius 3 is 2.58 bits per heavy atom. The molecule has 0 unspecified atom stereocenters. The van der Waals surface area contributed by atoms with Gasteiger partial charge in [0.05, 0.1) is 7.11 Å². The molecular formula is C16H23N3O4S. The molecule has 0 aromatic heterocycles. The summed E-state index contributed by atoms with van der Waals surface area (Å²) in [4.78, 5) is 22.6. The molecule has 1 amide bonds. The Hall–Kier alpha value is -2.35. The normalized spacial score (nSPS) is 9.79. The number of nitrogens with one attached hydrogen (secondary N) is 3. The fourth-order valence-electron chi connectivity index (χ4n) is 1.70. The highest BCUT2D eigenvalue weighted by atomic mass is 32.1. The fraction of sp³-hybridized carbons (Fsp3) is 0.438. The molecular weight excluding hydrogens is 330 g/mol. The summed E-state index contributed by atoms with van der Waals surface area (Å²) in [6.07, 6.45) is 0.889. The van der Waals surface area contributed by atoms with E-state index in [0.717, 1.165) is 11.1 Å². The van der Waals surface area contributed by atoms with Crippen LogP contribution in [0.25, 0.3) is 0 Å². The third kappa shape index (κ3) is 7.77. The first-order valence-corrected chi connectivity index (χ1v) is 7.92. The van der Waals surface area contributed by atoms with Gasteiger partial charge in [0, 0.05) is 13.0 Å². The molecule has 0 spiro atoms. The molecule has 1 aromatic rings. The van der Waals surface area contributed by atoms with Gasteiger partial charge in [0.2, 0.25) is 0 Å². The second-order valence-electron chi connectivity index (χ2n) is 5.14. The number of aryl methyl sites for hydroxylation is 2. The van der Waals surface area contributed by atoms with E-state index in [-0.39, 0.29) is 23.6 Å². The lowest BCUT2D eigenvalue weighted by atomic mass is 10.1. The van der Waals surface area contributed by atoms with E-state index in [2.05, 4.69) is 20.9 Å². The van der Waals surface area contributed by atoms with Crippen LogP contribution < -0.4 is 20.9 Å². The van der Waals surface area contributed by atoms with Crippen LogP contribution in [0.3, 0.4) is 0 Å². The van der Waals surface area contributed by atoms with E-state index < -0.39 is 0 Å². The molecule has 8 heteroatoms. The van der Waals surface area contributed by atoms with Gasteiger partial charge in [-0.05, 0) is 55.7 Å². The lowest BCUT2D eigenvalue weighted by Gasteiger charge is -2.12. The number of carbonyl (C=O) groups is 2. The largest absolute Gasteiger partial charge is 0.484 e. The first kappa shape index (κ1) is 19.7. The van der Waals surface area contributed by atoms with Crippen LogP contribution in [0.4, 0.5) is 0 Å². The van der Waals surface area contributed by atoms with E-state index in [0.29, 0.717) is 25.1 Å². The van der Waals surface area contributed by atoms with Gasteiger partial charge in [-0.25, -0.2) is 0 Å². The van der Waals surface area contributed by atoms with Gasteiger partial charge in [0.1, 0.15) is 5.75 Å². The monoisotopic (exact) mass is 353 g/mol. The third-order valence-electron chi connectivity index (χ3n) is 3.23. The van der Waals surface area contributed by atoms with Crippen molar-refractivity contribution in [1.82, 2.24) is 16.2 Å². The minimum absolute atomic E-state index is 0.125. The number of methoxy groups -OCH3 is 1. The zero-order valence-corrected chi connectivity index (χ0v) is 14.9. The molecule has 132 valence electrons. The van der Waals surface area contributed by atoms with Gasteiger partial charge in [-0.1, -0.05) is 6.07 Å². The highest BCUT2D eigenvalue weighted by molar-refractivity contribution is 7.80. The van der Waals surface area contributed by atoms with E-state index in [1.807, 2.05) is 32.0 Å². The van der Waals surface area contributed by atoms with Gasteiger partial charge in [-0.2, -0.15) is 0 Å². The molecule has 24 heavy (non-hydrogen) atoms. The molecule has 1 aromatic carbocycles. The molecule has 0 aliphatic heterocycles. The maximum absolute atomic E-state index is 11.7. The number of thiocarbonyl (C=S) groups is 1. The summed E-state index contributed by atoms with van der Waals surface area (Å²) in [6, 6.07) is 5.63. The van der Waals surface area contributed by atoms with Gasteiger partial charge in [-0.15, -0.1) is 0 Å². The molecule has 0 heterocycles. The first-order chi connectivity index (χ1) is 11.4. The van der Waals surface area contributed by atoms with Crippen molar-refractivity contribution in [2.45, 2.75) is 26.7 Å². The number of benzene rings is 1. The van der Waals surface area contributed by atoms with Gasteiger partial charge in [0.15, 0.2) is 11.7 Å². The molecule has 3 N–H and O–H groups in total. The Morgan fingerprint density at radius 1 is 1.17 bits per heavy atom. The lowest BCUT2D eigenvalue weighted by molar-refractivity contribution is -0.140. The molecule has 7 nitrogen and oxygen atoms in total. The number of hydrogen-bond donors (Lipinski definition) is 3. The summed E-state index contributed by atoms with van der Waals surface area (Å²) in [5.41, 5.74) is 7.26. The number of amides is 1. The van der Waals surface area contributed by atoms with Crippen molar-refractivity contribution in [3.63, 3.8) is 0 Å².